The van der Waals surface area contributed by atoms with Gasteiger partial charge in [-0.2, -0.15) is 5.10 Å². The van der Waals surface area contributed by atoms with E-state index in [4.69, 9.17) is 10.5 Å². The van der Waals surface area contributed by atoms with Gasteiger partial charge in [-0.3, -0.25) is 5.10 Å². The smallest absolute Gasteiger partial charge is 0.0657 e. The highest BCUT2D eigenvalue weighted by Gasteiger charge is 2.22. The fourth-order valence-corrected chi connectivity index (χ4v) is 2.14. The Morgan fingerprint density at radius 1 is 1.67 bits per heavy atom. The van der Waals surface area contributed by atoms with Crippen molar-refractivity contribution in [2.24, 2.45) is 5.73 Å². The van der Waals surface area contributed by atoms with Crippen LogP contribution in [-0.2, 0) is 11.2 Å². The largest absolute Gasteiger partial charge is 0.378 e. The zero-order valence-electron chi connectivity index (χ0n) is 9.20. The van der Waals surface area contributed by atoms with Gasteiger partial charge in [0.05, 0.1) is 11.8 Å². The van der Waals surface area contributed by atoms with Gasteiger partial charge in [0.25, 0.3) is 0 Å². The van der Waals surface area contributed by atoms with E-state index in [0.29, 0.717) is 18.6 Å². The molecule has 0 aromatic carbocycles. The maximum atomic E-state index is 5.53. The molecule has 1 aliphatic heterocycles. The van der Waals surface area contributed by atoms with Gasteiger partial charge in [-0.1, -0.05) is 0 Å². The van der Waals surface area contributed by atoms with E-state index in [1.165, 1.54) is 5.69 Å². The van der Waals surface area contributed by atoms with E-state index < -0.39 is 0 Å². The van der Waals surface area contributed by atoms with Gasteiger partial charge in [-0.15, -0.1) is 0 Å². The maximum Gasteiger partial charge on any atom is 0.0657 e. The van der Waals surface area contributed by atoms with E-state index in [-0.39, 0.29) is 0 Å². The number of H-pyrrole nitrogens is 1. The lowest BCUT2D eigenvalue weighted by Gasteiger charge is -2.25. The summed E-state index contributed by atoms with van der Waals surface area (Å²) in [6, 6.07) is 2.15. The molecule has 0 bridgehead atoms. The van der Waals surface area contributed by atoms with Crippen LogP contribution in [0.2, 0.25) is 0 Å². The van der Waals surface area contributed by atoms with Gasteiger partial charge in [0, 0.05) is 24.6 Å². The van der Waals surface area contributed by atoms with Gasteiger partial charge in [0.1, 0.15) is 0 Å². The molecule has 15 heavy (non-hydrogen) atoms. The van der Waals surface area contributed by atoms with E-state index in [2.05, 4.69) is 23.2 Å². The molecule has 4 nitrogen and oxygen atoms in total. The number of aromatic amines is 1. The Bertz CT molecular complexity index is 311. The first kappa shape index (κ1) is 10.6. The number of rotatable bonds is 3. The normalized spacial score (nSPS) is 26.8. The molecule has 1 aliphatic rings. The molecule has 1 fully saturated rings. The molecule has 0 saturated carbocycles. The summed E-state index contributed by atoms with van der Waals surface area (Å²) < 4.78 is 5.53. The van der Waals surface area contributed by atoms with E-state index in [1.807, 2.05) is 0 Å². The number of ether oxygens (including phenoxy) is 1. The lowest BCUT2D eigenvalue weighted by Crippen LogP contribution is -2.21. The maximum absolute atomic E-state index is 5.53. The zero-order chi connectivity index (χ0) is 10.7. The summed E-state index contributed by atoms with van der Waals surface area (Å²) in [7, 11) is 0. The number of hydrogen-bond donors (Lipinski definition) is 2. The van der Waals surface area contributed by atoms with Crippen LogP contribution in [0.1, 0.15) is 37.1 Å². The molecule has 0 radical (unpaired) electrons. The quantitative estimate of drug-likeness (QED) is 0.786. The second-order valence-corrected chi connectivity index (χ2v) is 4.26. The van der Waals surface area contributed by atoms with Crippen molar-refractivity contribution in [3.63, 3.8) is 0 Å². The Morgan fingerprint density at radius 2 is 2.53 bits per heavy atom. The first-order valence-electron chi connectivity index (χ1n) is 5.65. The lowest BCUT2D eigenvalue weighted by atomic mass is 9.93. The van der Waals surface area contributed by atoms with E-state index >= 15 is 0 Å². The van der Waals surface area contributed by atoms with Gasteiger partial charge in [-0.05, 0) is 32.4 Å². The van der Waals surface area contributed by atoms with Gasteiger partial charge >= 0.3 is 0 Å². The minimum Gasteiger partial charge on any atom is -0.378 e. The van der Waals surface area contributed by atoms with Gasteiger partial charge < -0.3 is 10.5 Å². The standard InChI is InChI=1S/C11H19N3O/c1-8-6-9(3-5-15-8)11-7-10(2-4-12)13-14-11/h7-9H,2-6,12H2,1H3,(H,13,14). The van der Waals surface area contributed by atoms with Crippen LogP contribution in [0.15, 0.2) is 6.07 Å². The van der Waals surface area contributed by atoms with Crippen LogP contribution in [0, 0.1) is 0 Å². The predicted molar refractivity (Wildman–Crippen MR) is 58.7 cm³/mol. The van der Waals surface area contributed by atoms with E-state index in [9.17, 15) is 0 Å². The first-order chi connectivity index (χ1) is 7.29. The molecule has 0 amide bonds. The van der Waals surface area contributed by atoms with Crippen molar-refractivity contribution in [1.82, 2.24) is 10.2 Å². The summed E-state index contributed by atoms with van der Waals surface area (Å²) in [5.41, 5.74) is 7.82. The van der Waals surface area contributed by atoms with Gasteiger partial charge in [0.2, 0.25) is 0 Å². The first-order valence-corrected chi connectivity index (χ1v) is 5.65. The second kappa shape index (κ2) is 4.77. The summed E-state index contributed by atoms with van der Waals surface area (Å²) in [6.07, 6.45) is 3.40. The molecule has 1 aromatic rings. The molecule has 1 saturated heterocycles. The van der Waals surface area contributed by atoms with Gasteiger partial charge in [-0.25, -0.2) is 0 Å². The van der Waals surface area contributed by atoms with Crippen LogP contribution in [0.3, 0.4) is 0 Å². The number of nitrogens with zero attached hydrogens (tertiary/aromatic N) is 1. The van der Waals surface area contributed by atoms with Crippen LogP contribution < -0.4 is 5.73 Å². The fourth-order valence-electron chi connectivity index (χ4n) is 2.14. The Hall–Kier alpha value is -0.870. The van der Waals surface area contributed by atoms with Crippen molar-refractivity contribution in [2.45, 2.75) is 38.2 Å². The summed E-state index contributed by atoms with van der Waals surface area (Å²) in [4.78, 5) is 0. The highest BCUT2D eigenvalue weighted by Crippen LogP contribution is 2.28. The van der Waals surface area contributed by atoms with Crippen LogP contribution in [0.4, 0.5) is 0 Å². The fraction of sp³-hybridized carbons (Fsp3) is 0.727. The molecular weight excluding hydrogens is 190 g/mol. The van der Waals surface area contributed by atoms with Crippen molar-refractivity contribution < 1.29 is 4.74 Å². The van der Waals surface area contributed by atoms with E-state index in [1.54, 1.807) is 0 Å². The third-order valence-corrected chi connectivity index (χ3v) is 2.97. The summed E-state index contributed by atoms with van der Waals surface area (Å²) in [5.74, 6) is 0.552. The van der Waals surface area contributed by atoms with Crippen molar-refractivity contribution in [2.75, 3.05) is 13.2 Å². The molecule has 3 N–H and O–H groups in total. The summed E-state index contributed by atoms with van der Waals surface area (Å²) >= 11 is 0. The summed E-state index contributed by atoms with van der Waals surface area (Å²) in [6.45, 7) is 3.65. The molecule has 2 unspecified atom stereocenters. The highest BCUT2D eigenvalue weighted by atomic mass is 16.5. The molecule has 2 heterocycles. The minimum absolute atomic E-state index is 0.360. The van der Waals surface area contributed by atoms with Crippen molar-refractivity contribution >= 4 is 0 Å². The average Bonchev–Trinajstić information content (AvgIpc) is 2.67. The SMILES string of the molecule is CC1CC(c2cc(CCN)[nH]n2)CCO1. The monoisotopic (exact) mass is 209 g/mol. The van der Waals surface area contributed by atoms with Gasteiger partial charge in [0.15, 0.2) is 0 Å². The van der Waals surface area contributed by atoms with Crippen LogP contribution in [0.5, 0.6) is 0 Å². The number of aromatic nitrogens is 2. The molecule has 2 atom stereocenters. The van der Waals surface area contributed by atoms with Crippen molar-refractivity contribution in [1.29, 1.82) is 0 Å². The third kappa shape index (κ3) is 2.58. The van der Waals surface area contributed by atoms with Crippen LogP contribution >= 0.6 is 0 Å². The van der Waals surface area contributed by atoms with Crippen molar-refractivity contribution in [3.05, 3.63) is 17.5 Å². The zero-order valence-corrected chi connectivity index (χ0v) is 9.20. The lowest BCUT2D eigenvalue weighted by molar-refractivity contribution is 0.0180. The van der Waals surface area contributed by atoms with E-state index in [0.717, 1.165) is 31.6 Å². The number of hydrogen-bond acceptors (Lipinski definition) is 3. The molecule has 84 valence electrons. The minimum atomic E-state index is 0.360. The predicted octanol–water partition coefficient (Wildman–Crippen LogP) is 1.19. The topological polar surface area (TPSA) is 63.9 Å². The Kier molecular flexibility index (Phi) is 3.38. The van der Waals surface area contributed by atoms with Crippen LogP contribution in [0.25, 0.3) is 0 Å². The highest BCUT2D eigenvalue weighted by molar-refractivity contribution is 5.14. The Labute approximate surface area is 90.2 Å². The number of nitrogens with two attached hydrogens (primary N) is 1. The Balaban J connectivity index is 2.01. The summed E-state index contributed by atoms with van der Waals surface area (Å²) in [5, 5.41) is 7.40. The molecule has 0 spiro atoms. The molecule has 0 aliphatic carbocycles. The molecular formula is C11H19N3O. The second-order valence-electron chi connectivity index (χ2n) is 4.26. The Morgan fingerprint density at radius 3 is 3.27 bits per heavy atom. The average molecular weight is 209 g/mol. The molecule has 1 aromatic heterocycles. The molecule has 2 rings (SSSR count). The third-order valence-electron chi connectivity index (χ3n) is 2.97. The molecule has 4 heteroatoms. The van der Waals surface area contributed by atoms with Crippen LogP contribution in [-0.4, -0.2) is 29.5 Å². The number of nitrogens with one attached hydrogen (secondary N) is 1. The van der Waals surface area contributed by atoms with Crippen molar-refractivity contribution in [3.8, 4) is 0 Å².